The fraction of sp³-hybridized carbons (Fsp3) is 0.818. The van der Waals surface area contributed by atoms with Gasteiger partial charge < -0.3 is 15.7 Å². The molecule has 7 nitrogen and oxygen atoms in total. The van der Waals surface area contributed by atoms with Crippen molar-refractivity contribution in [2.45, 2.75) is 31.7 Å². The minimum Gasteiger partial charge on any atom is -0.481 e. The maximum Gasteiger partial charge on any atom is 0.315 e. The van der Waals surface area contributed by atoms with Gasteiger partial charge in [0.15, 0.2) is 0 Å². The molecule has 3 N–H and O–H groups in total. The van der Waals surface area contributed by atoms with Gasteiger partial charge in [0.05, 0.1) is 11.7 Å². The van der Waals surface area contributed by atoms with Crippen LogP contribution in [0.4, 0.5) is 4.79 Å². The van der Waals surface area contributed by atoms with Gasteiger partial charge in [-0.2, -0.15) is 0 Å². The molecule has 1 aliphatic carbocycles. The molecule has 1 rings (SSSR count). The van der Waals surface area contributed by atoms with Crippen LogP contribution in [0.1, 0.15) is 25.7 Å². The average molecular weight is 292 g/mol. The molecule has 110 valence electrons. The van der Waals surface area contributed by atoms with Crippen LogP contribution in [-0.4, -0.2) is 50.1 Å². The number of aliphatic carboxylic acids is 1. The summed E-state index contributed by atoms with van der Waals surface area (Å²) in [6.07, 6.45) is 3.69. The summed E-state index contributed by atoms with van der Waals surface area (Å²) in [6, 6.07) is -0.604. The van der Waals surface area contributed by atoms with Gasteiger partial charge in [0.1, 0.15) is 9.84 Å². The first-order valence-corrected chi connectivity index (χ1v) is 8.29. The Morgan fingerprint density at radius 2 is 2.00 bits per heavy atom. The number of hydrogen-bond acceptors (Lipinski definition) is 4. The smallest absolute Gasteiger partial charge is 0.315 e. The first-order valence-electron chi connectivity index (χ1n) is 6.23. The molecule has 0 spiro atoms. The van der Waals surface area contributed by atoms with Gasteiger partial charge in [-0.1, -0.05) is 6.42 Å². The van der Waals surface area contributed by atoms with Crippen LogP contribution in [0.5, 0.6) is 0 Å². The summed E-state index contributed by atoms with van der Waals surface area (Å²) < 4.78 is 21.8. The van der Waals surface area contributed by atoms with E-state index in [9.17, 15) is 18.0 Å². The second kappa shape index (κ2) is 6.74. The fourth-order valence-corrected chi connectivity index (χ4v) is 2.60. The van der Waals surface area contributed by atoms with Crippen molar-refractivity contribution in [1.82, 2.24) is 10.6 Å². The number of carbonyl (C=O) groups excluding carboxylic acids is 1. The van der Waals surface area contributed by atoms with Crippen molar-refractivity contribution in [2.75, 3.05) is 18.6 Å². The molecule has 0 aliphatic heterocycles. The van der Waals surface area contributed by atoms with Crippen molar-refractivity contribution >= 4 is 21.8 Å². The van der Waals surface area contributed by atoms with E-state index in [1.165, 1.54) is 0 Å². The molecule has 2 amide bonds. The Morgan fingerprint density at radius 1 is 1.32 bits per heavy atom. The van der Waals surface area contributed by atoms with Gasteiger partial charge in [-0.15, -0.1) is 0 Å². The van der Waals surface area contributed by atoms with Crippen LogP contribution in [0.2, 0.25) is 0 Å². The lowest BCUT2D eigenvalue weighted by atomic mass is 9.86. The lowest BCUT2D eigenvalue weighted by Crippen LogP contribution is -2.45. The number of rotatable bonds is 5. The topological polar surface area (TPSA) is 113 Å². The third-order valence-corrected chi connectivity index (χ3v) is 4.06. The maximum atomic E-state index is 11.5. The first kappa shape index (κ1) is 15.7. The minimum atomic E-state index is -3.09. The number of nitrogens with one attached hydrogen (secondary N) is 2. The lowest BCUT2D eigenvalue weighted by Gasteiger charge is -2.27. The van der Waals surface area contributed by atoms with E-state index in [1.54, 1.807) is 0 Å². The summed E-state index contributed by atoms with van der Waals surface area (Å²) in [5.41, 5.74) is 0. The Balaban J connectivity index is 2.30. The van der Waals surface area contributed by atoms with Crippen molar-refractivity contribution in [3.8, 4) is 0 Å². The van der Waals surface area contributed by atoms with Gasteiger partial charge in [0, 0.05) is 18.8 Å². The number of carboxylic acid groups (broad SMARTS) is 1. The highest BCUT2D eigenvalue weighted by Crippen LogP contribution is 2.24. The molecule has 0 aromatic heterocycles. The van der Waals surface area contributed by atoms with Gasteiger partial charge >= 0.3 is 12.0 Å². The van der Waals surface area contributed by atoms with E-state index in [2.05, 4.69) is 10.6 Å². The molecule has 2 unspecified atom stereocenters. The van der Waals surface area contributed by atoms with Gasteiger partial charge in [-0.25, -0.2) is 13.2 Å². The van der Waals surface area contributed by atoms with Gasteiger partial charge in [0.25, 0.3) is 0 Å². The fourth-order valence-electron chi connectivity index (χ4n) is 2.13. The summed E-state index contributed by atoms with van der Waals surface area (Å²) in [5, 5.41) is 14.1. The Morgan fingerprint density at radius 3 is 2.58 bits per heavy atom. The van der Waals surface area contributed by atoms with E-state index in [0.29, 0.717) is 12.8 Å². The van der Waals surface area contributed by atoms with Gasteiger partial charge in [-0.05, 0) is 19.3 Å². The van der Waals surface area contributed by atoms with Crippen LogP contribution < -0.4 is 10.6 Å². The third-order valence-electron chi connectivity index (χ3n) is 3.12. The molecule has 1 saturated carbocycles. The highest BCUT2D eigenvalue weighted by molar-refractivity contribution is 7.90. The number of carboxylic acids is 1. The van der Waals surface area contributed by atoms with Crippen LogP contribution in [0.25, 0.3) is 0 Å². The molecule has 19 heavy (non-hydrogen) atoms. The molecule has 2 atom stereocenters. The molecule has 0 aromatic rings. The quantitative estimate of drug-likeness (QED) is 0.659. The number of carbonyl (C=O) groups is 2. The van der Waals surface area contributed by atoms with Crippen LogP contribution >= 0.6 is 0 Å². The number of urea groups is 1. The SMILES string of the molecule is CS(=O)(=O)CCNC(=O)NC1CCCC(C(=O)O)C1. The molecule has 0 radical (unpaired) electrons. The molecule has 1 aliphatic rings. The largest absolute Gasteiger partial charge is 0.481 e. The number of hydrogen-bond donors (Lipinski definition) is 3. The number of amides is 2. The predicted octanol–water partition coefficient (Wildman–Crippen LogP) is -0.0264. The third kappa shape index (κ3) is 6.42. The standard InChI is InChI=1S/C11H20N2O5S/c1-19(17,18)6-5-12-11(16)13-9-4-2-3-8(7-9)10(14)15/h8-9H,2-7H2,1H3,(H,14,15)(H2,12,13,16). The van der Waals surface area contributed by atoms with E-state index in [-0.39, 0.29) is 18.3 Å². The molecule has 0 heterocycles. The van der Waals surface area contributed by atoms with Crippen molar-refractivity contribution < 1.29 is 23.1 Å². The van der Waals surface area contributed by atoms with E-state index in [4.69, 9.17) is 5.11 Å². The second-order valence-corrected chi connectivity index (χ2v) is 7.19. The molecular weight excluding hydrogens is 272 g/mol. The van der Waals surface area contributed by atoms with E-state index >= 15 is 0 Å². The highest BCUT2D eigenvalue weighted by atomic mass is 32.2. The Hall–Kier alpha value is -1.31. The predicted molar refractivity (Wildman–Crippen MR) is 69.6 cm³/mol. The van der Waals surface area contributed by atoms with Crippen molar-refractivity contribution in [2.24, 2.45) is 5.92 Å². The zero-order valence-electron chi connectivity index (χ0n) is 10.9. The van der Waals surface area contributed by atoms with Crippen molar-refractivity contribution in [1.29, 1.82) is 0 Å². The van der Waals surface area contributed by atoms with Gasteiger partial charge in [0.2, 0.25) is 0 Å². The minimum absolute atomic E-state index is 0.0553. The Kier molecular flexibility index (Phi) is 5.59. The second-order valence-electron chi connectivity index (χ2n) is 4.93. The Labute approximate surface area is 112 Å². The molecule has 0 aromatic carbocycles. The zero-order chi connectivity index (χ0) is 14.5. The first-order chi connectivity index (χ1) is 8.78. The van der Waals surface area contributed by atoms with Crippen LogP contribution in [0.3, 0.4) is 0 Å². The van der Waals surface area contributed by atoms with Crippen LogP contribution in [0.15, 0.2) is 0 Å². The highest BCUT2D eigenvalue weighted by Gasteiger charge is 2.27. The average Bonchev–Trinajstić information content (AvgIpc) is 2.27. The Bertz CT molecular complexity index is 434. The van der Waals surface area contributed by atoms with Crippen LogP contribution in [0, 0.1) is 5.92 Å². The molecule has 0 bridgehead atoms. The summed E-state index contributed by atoms with van der Waals surface area (Å²) in [7, 11) is -3.09. The normalized spacial score (nSPS) is 23.6. The van der Waals surface area contributed by atoms with Gasteiger partial charge in [-0.3, -0.25) is 4.79 Å². The van der Waals surface area contributed by atoms with E-state index in [1.807, 2.05) is 0 Å². The summed E-state index contributed by atoms with van der Waals surface area (Å²) in [5.74, 6) is -1.35. The lowest BCUT2D eigenvalue weighted by molar-refractivity contribution is -0.143. The summed E-state index contributed by atoms with van der Waals surface area (Å²) in [4.78, 5) is 22.4. The van der Waals surface area contributed by atoms with Crippen LogP contribution in [-0.2, 0) is 14.6 Å². The zero-order valence-corrected chi connectivity index (χ0v) is 11.7. The number of sulfone groups is 1. The van der Waals surface area contributed by atoms with E-state index < -0.39 is 27.8 Å². The molecular formula is C11H20N2O5S. The maximum absolute atomic E-state index is 11.5. The monoisotopic (exact) mass is 292 g/mol. The van der Waals surface area contributed by atoms with E-state index in [0.717, 1.165) is 19.1 Å². The molecule has 8 heteroatoms. The van der Waals surface area contributed by atoms with Crippen molar-refractivity contribution in [3.63, 3.8) is 0 Å². The van der Waals surface area contributed by atoms with Crippen molar-refractivity contribution in [3.05, 3.63) is 0 Å². The molecule has 1 fully saturated rings. The molecule has 0 saturated heterocycles. The summed E-state index contributed by atoms with van der Waals surface area (Å²) in [6.45, 7) is 0.0553. The summed E-state index contributed by atoms with van der Waals surface area (Å²) >= 11 is 0.